The average molecular weight is 242 g/mol. The van der Waals surface area contributed by atoms with E-state index in [9.17, 15) is 4.79 Å². The molecular weight excluding hydrogens is 216 g/mol. The molecule has 4 nitrogen and oxygen atoms in total. The van der Waals surface area contributed by atoms with Gasteiger partial charge >= 0.3 is 0 Å². The molecule has 1 N–H and O–H groups in total. The lowest BCUT2D eigenvalue weighted by molar-refractivity contribution is -0.135. The number of hydrogen-bond acceptors (Lipinski definition) is 3. The van der Waals surface area contributed by atoms with Gasteiger partial charge in [-0.05, 0) is 19.3 Å². The monoisotopic (exact) mass is 242 g/mol. The molecule has 0 saturated carbocycles. The quantitative estimate of drug-likeness (QED) is 0.762. The minimum atomic E-state index is 0.248. The fraction of sp³-hybridized carbons (Fsp3) is 0.923. The van der Waals surface area contributed by atoms with E-state index in [1.807, 2.05) is 4.90 Å². The molecule has 4 heteroatoms. The van der Waals surface area contributed by atoms with E-state index < -0.39 is 0 Å². The molecule has 100 valence electrons. The van der Waals surface area contributed by atoms with E-state index >= 15 is 0 Å². The van der Waals surface area contributed by atoms with Crippen LogP contribution in [0.25, 0.3) is 0 Å². The summed E-state index contributed by atoms with van der Waals surface area (Å²) in [6, 6.07) is 0.493. The van der Waals surface area contributed by atoms with Crippen molar-refractivity contribution < 1.29 is 9.53 Å². The van der Waals surface area contributed by atoms with Crippen molar-refractivity contribution in [2.75, 3.05) is 32.8 Å². The van der Waals surface area contributed by atoms with Gasteiger partial charge in [-0.1, -0.05) is 13.8 Å². The Morgan fingerprint density at radius 1 is 1.29 bits per heavy atom. The molecule has 17 heavy (non-hydrogen) atoms. The number of nitrogens with zero attached hydrogens (tertiary/aromatic N) is 1. The minimum Gasteiger partial charge on any atom is -0.378 e. The Hall–Kier alpha value is -0.610. The van der Waals surface area contributed by atoms with Gasteiger partial charge in [0.25, 0.3) is 0 Å². The molecule has 1 atom stereocenters. The molecule has 0 bridgehead atoms. The third-order valence-electron chi connectivity index (χ3n) is 3.02. The standard InChI is InChI=1S/C13H26N2O2/c1-11(2)10-12(3)14-5-4-13(16)15-6-8-17-9-7-15/h11-12,14H,4-10H2,1-3H3. The first-order chi connectivity index (χ1) is 8.09. The third kappa shape index (κ3) is 6.03. The first kappa shape index (κ1) is 14.5. The molecule has 1 amide bonds. The van der Waals surface area contributed by atoms with Crippen LogP contribution in [-0.4, -0.2) is 49.7 Å². The third-order valence-corrected chi connectivity index (χ3v) is 3.02. The highest BCUT2D eigenvalue weighted by Gasteiger charge is 2.16. The Morgan fingerprint density at radius 3 is 2.53 bits per heavy atom. The summed E-state index contributed by atoms with van der Waals surface area (Å²) in [4.78, 5) is 13.7. The van der Waals surface area contributed by atoms with Gasteiger partial charge < -0.3 is 15.0 Å². The number of hydrogen-bond donors (Lipinski definition) is 1. The molecule has 0 aromatic heterocycles. The summed E-state index contributed by atoms with van der Waals surface area (Å²) in [6.45, 7) is 10.3. The van der Waals surface area contributed by atoms with Gasteiger partial charge in [-0.15, -0.1) is 0 Å². The topological polar surface area (TPSA) is 41.6 Å². The van der Waals surface area contributed by atoms with E-state index in [4.69, 9.17) is 4.74 Å². The molecule has 1 aliphatic rings. The molecule has 1 aliphatic heterocycles. The second-order valence-electron chi connectivity index (χ2n) is 5.23. The maximum atomic E-state index is 11.8. The summed E-state index contributed by atoms with van der Waals surface area (Å²) >= 11 is 0. The maximum absolute atomic E-state index is 11.8. The highest BCUT2D eigenvalue weighted by molar-refractivity contribution is 5.76. The lowest BCUT2D eigenvalue weighted by Gasteiger charge is -2.27. The van der Waals surface area contributed by atoms with Crippen LogP contribution in [0.2, 0.25) is 0 Å². The Kier molecular flexibility index (Phi) is 6.52. The SMILES string of the molecule is CC(C)CC(C)NCCC(=O)N1CCOCC1. The van der Waals surface area contributed by atoms with Crippen molar-refractivity contribution in [3.63, 3.8) is 0 Å². The summed E-state index contributed by atoms with van der Waals surface area (Å²) in [5.74, 6) is 0.949. The second-order valence-corrected chi connectivity index (χ2v) is 5.23. The van der Waals surface area contributed by atoms with E-state index in [-0.39, 0.29) is 5.91 Å². The Morgan fingerprint density at radius 2 is 1.94 bits per heavy atom. The predicted molar refractivity (Wildman–Crippen MR) is 68.9 cm³/mol. The van der Waals surface area contributed by atoms with Crippen LogP contribution < -0.4 is 5.32 Å². The Bertz CT molecular complexity index is 225. The number of morpholine rings is 1. The number of carbonyl (C=O) groups excluding carboxylic acids is 1. The molecule has 1 saturated heterocycles. The summed E-state index contributed by atoms with van der Waals surface area (Å²) < 4.78 is 5.23. The van der Waals surface area contributed by atoms with Crippen molar-refractivity contribution in [2.24, 2.45) is 5.92 Å². The van der Waals surface area contributed by atoms with Crippen LogP contribution in [-0.2, 0) is 9.53 Å². The van der Waals surface area contributed by atoms with Crippen molar-refractivity contribution in [3.05, 3.63) is 0 Å². The highest BCUT2D eigenvalue weighted by Crippen LogP contribution is 2.04. The van der Waals surface area contributed by atoms with Gasteiger partial charge in [-0.25, -0.2) is 0 Å². The Balaban J connectivity index is 2.10. The van der Waals surface area contributed by atoms with Gasteiger partial charge in [0.05, 0.1) is 13.2 Å². The van der Waals surface area contributed by atoms with Crippen molar-refractivity contribution >= 4 is 5.91 Å². The Labute approximate surface area is 105 Å². The predicted octanol–water partition coefficient (Wildman–Crippen LogP) is 1.26. The van der Waals surface area contributed by atoms with Crippen LogP contribution in [0, 0.1) is 5.92 Å². The van der Waals surface area contributed by atoms with Gasteiger partial charge in [-0.2, -0.15) is 0 Å². The number of amides is 1. The molecular formula is C13H26N2O2. The van der Waals surface area contributed by atoms with E-state index in [2.05, 4.69) is 26.1 Å². The fourth-order valence-electron chi connectivity index (χ4n) is 2.19. The van der Waals surface area contributed by atoms with Gasteiger partial charge in [0.15, 0.2) is 0 Å². The van der Waals surface area contributed by atoms with Crippen LogP contribution >= 0.6 is 0 Å². The molecule has 0 aromatic rings. The second kappa shape index (κ2) is 7.67. The van der Waals surface area contributed by atoms with Crippen LogP contribution in [0.4, 0.5) is 0 Å². The largest absolute Gasteiger partial charge is 0.378 e. The zero-order valence-electron chi connectivity index (χ0n) is 11.4. The highest BCUT2D eigenvalue weighted by atomic mass is 16.5. The minimum absolute atomic E-state index is 0.248. The van der Waals surface area contributed by atoms with Crippen molar-refractivity contribution in [1.29, 1.82) is 0 Å². The number of carbonyl (C=O) groups is 1. The number of ether oxygens (including phenoxy) is 1. The van der Waals surface area contributed by atoms with Crippen molar-refractivity contribution in [2.45, 2.75) is 39.7 Å². The van der Waals surface area contributed by atoms with Gasteiger partial charge in [0.2, 0.25) is 5.91 Å². The van der Waals surface area contributed by atoms with Crippen molar-refractivity contribution in [1.82, 2.24) is 10.2 Å². The van der Waals surface area contributed by atoms with Crippen LogP contribution in [0.1, 0.15) is 33.6 Å². The van der Waals surface area contributed by atoms with E-state index in [0.717, 1.165) is 26.1 Å². The molecule has 0 aromatic carbocycles. The zero-order chi connectivity index (χ0) is 12.7. The normalized spacial score (nSPS) is 18.5. The van der Waals surface area contributed by atoms with Crippen LogP contribution in [0.3, 0.4) is 0 Å². The molecule has 0 aliphatic carbocycles. The van der Waals surface area contributed by atoms with E-state index in [1.54, 1.807) is 0 Å². The molecule has 1 unspecified atom stereocenters. The smallest absolute Gasteiger partial charge is 0.224 e. The summed E-state index contributed by atoms with van der Waals surface area (Å²) in [7, 11) is 0. The number of rotatable bonds is 6. The summed E-state index contributed by atoms with van der Waals surface area (Å²) in [5.41, 5.74) is 0. The molecule has 0 radical (unpaired) electrons. The van der Waals surface area contributed by atoms with Crippen molar-refractivity contribution in [3.8, 4) is 0 Å². The van der Waals surface area contributed by atoms with Gasteiger partial charge in [0, 0.05) is 32.1 Å². The average Bonchev–Trinajstić information content (AvgIpc) is 2.29. The van der Waals surface area contributed by atoms with E-state index in [0.29, 0.717) is 31.6 Å². The van der Waals surface area contributed by atoms with Gasteiger partial charge in [-0.3, -0.25) is 4.79 Å². The lowest BCUT2D eigenvalue weighted by Crippen LogP contribution is -2.42. The fourth-order valence-corrected chi connectivity index (χ4v) is 2.19. The first-order valence-electron chi connectivity index (χ1n) is 6.68. The first-order valence-corrected chi connectivity index (χ1v) is 6.68. The van der Waals surface area contributed by atoms with Crippen LogP contribution in [0.5, 0.6) is 0 Å². The van der Waals surface area contributed by atoms with Gasteiger partial charge in [0.1, 0.15) is 0 Å². The zero-order valence-corrected chi connectivity index (χ0v) is 11.4. The maximum Gasteiger partial charge on any atom is 0.224 e. The lowest BCUT2D eigenvalue weighted by atomic mass is 10.1. The number of nitrogens with one attached hydrogen (secondary N) is 1. The molecule has 1 heterocycles. The molecule has 1 rings (SSSR count). The van der Waals surface area contributed by atoms with Crippen LogP contribution in [0.15, 0.2) is 0 Å². The van der Waals surface area contributed by atoms with E-state index in [1.165, 1.54) is 0 Å². The summed E-state index contributed by atoms with van der Waals surface area (Å²) in [5, 5.41) is 3.41. The molecule has 0 spiro atoms. The summed E-state index contributed by atoms with van der Waals surface area (Å²) in [6.07, 6.45) is 1.76. The molecule has 1 fully saturated rings.